The Bertz CT molecular complexity index is 554. The van der Waals surface area contributed by atoms with Crippen molar-refractivity contribution in [1.82, 2.24) is 0 Å². The average Bonchev–Trinajstić information content (AvgIpc) is 2.70. The van der Waals surface area contributed by atoms with Crippen LogP contribution >= 0.6 is 0 Å². The van der Waals surface area contributed by atoms with Gasteiger partial charge >= 0.3 is 0 Å². The normalized spacial score (nSPS) is 54.0. The minimum absolute atomic E-state index is 0.149. The quantitative estimate of drug-likeness (QED) is 0.647. The second kappa shape index (κ2) is 4.50. The van der Waals surface area contributed by atoms with Gasteiger partial charge in [0.1, 0.15) is 0 Å². The highest BCUT2D eigenvalue weighted by Gasteiger charge is 2.61. The SMILES string of the molecule is CC1=CC2=CC[C@@H]3[C@H](CC[C@@]4(C)[C@H]3CCC4(C)O)[C@@]2(C)CC1. The van der Waals surface area contributed by atoms with Crippen molar-refractivity contribution in [3.8, 4) is 0 Å². The molecule has 0 aliphatic heterocycles. The van der Waals surface area contributed by atoms with Gasteiger partial charge in [0, 0.05) is 0 Å². The van der Waals surface area contributed by atoms with Crippen LogP contribution in [0.1, 0.15) is 72.6 Å². The molecule has 0 heterocycles. The molecule has 4 aliphatic rings. The fraction of sp³-hybridized carbons (Fsp3) is 0.810. The molecule has 0 saturated heterocycles. The predicted octanol–water partition coefficient (Wildman–Crippen LogP) is 5.26. The summed E-state index contributed by atoms with van der Waals surface area (Å²) in [5, 5.41) is 10.9. The van der Waals surface area contributed by atoms with Gasteiger partial charge in [-0.3, -0.25) is 0 Å². The molecule has 0 aromatic heterocycles. The predicted molar refractivity (Wildman–Crippen MR) is 91.5 cm³/mol. The zero-order valence-corrected chi connectivity index (χ0v) is 14.8. The number of fused-ring (bicyclic) bond motifs is 5. The molecular weight excluding hydrogens is 268 g/mol. The van der Waals surface area contributed by atoms with Crippen LogP contribution in [0.2, 0.25) is 0 Å². The van der Waals surface area contributed by atoms with E-state index in [2.05, 4.69) is 39.8 Å². The summed E-state index contributed by atoms with van der Waals surface area (Å²) in [5.74, 6) is 2.36. The summed E-state index contributed by atoms with van der Waals surface area (Å²) in [6.07, 6.45) is 13.7. The summed E-state index contributed by atoms with van der Waals surface area (Å²) >= 11 is 0. The highest BCUT2D eigenvalue weighted by Crippen LogP contribution is 2.66. The van der Waals surface area contributed by atoms with Crippen molar-refractivity contribution in [1.29, 1.82) is 0 Å². The molecule has 0 radical (unpaired) electrons. The second-order valence-electron chi connectivity index (χ2n) is 9.45. The van der Waals surface area contributed by atoms with Crippen molar-refractivity contribution in [2.24, 2.45) is 28.6 Å². The standard InChI is InChI=1S/C21H32O/c1-14-7-10-19(2)15(13-14)5-6-16-17(19)8-11-20(3)18(16)9-12-21(20,4)22/h5,13,16-18,22H,6-12H2,1-4H3/t16-,17+,18+,19+,20+,21?/m1/s1. The van der Waals surface area contributed by atoms with Gasteiger partial charge in [-0.15, -0.1) is 0 Å². The fourth-order valence-corrected chi connectivity index (χ4v) is 6.71. The summed E-state index contributed by atoms with van der Waals surface area (Å²) in [5.41, 5.74) is 3.29. The van der Waals surface area contributed by atoms with Gasteiger partial charge < -0.3 is 5.11 Å². The first-order valence-electron chi connectivity index (χ1n) is 9.38. The largest absolute Gasteiger partial charge is 0.390 e. The van der Waals surface area contributed by atoms with E-state index in [9.17, 15) is 5.11 Å². The van der Waals surface area contributed by atoms with Crippen LogP contribution in [0.15, 0.2) is 23.3 Å². The summed E-state index contributed by atoms with van der Waals surface area (Å²) < 4.78 is 0. The lowest BCUT2D eigenvalue weighted by Crippen LogP contribution is -2.53. The summed E-state index contributed by atoms with van der Waals surface area (Å²) in [4.78, 5) is 0. The number of hydrogen-bond donors (Lipinski definition) is 1. The molecule has 1 heteroatoms. The zero-order valence-electron chi connectivity index (χ0n) is 14.8. The highest BCUT2D eigenvalue weighted by molar-refractivity contribution is 5.36. The van der Waals surface area contributed by atoms with Gasteiger partial charge in [-0.25, -0.2) is 0 Å². The molecule has 122 valence electrons. The highest BCUT2D eigenvalue weighted by atomic mass is 16.3. The second-order valence-corrected chi connectivity index (χ2v) is 9.45. The van der Waals surface area contributed by atoms with Crippen molar-refractivity contribution in [2.75, 3.05) is 0 Å². The van der Waals surface area contributed by atoms with Crippen molar-refractivity contribution in [3.05, 3.63) is 23.3 Å². The molecule has 2 saturated carbocycles. The van der Waals surface area contributed by atoms with Gasteiger partial charge in [-0.2, -0.15) is 0 Å². The first-order chi connectivity index (χ1) is 10.3. The van der Waals surface area contributed by atoms with Crippen LogP contribution in [-0.2, 0) is 0 Å². The minimum atomic E-state index is -0.448. The van der Waals surface area contributed by atoms with Gasteiger partial charge in [0.25, 0.3) is 0 Å². The first-order valence-corrected chi connectivity index (χ1v) is 9.38. The molecule has 0 bridgehead atoms. The van der Waals surface area contributed by atoms with Crippen molar-refractivity contribution in [3.63, 3.8) is 0 Å². The van der Waals surface area contributed by atoms with Crippen molar-refractivity contribution in [2.45, 2.75) is 78.2 Å². The maximum Gasteiger partial charge on any atom is 0.0675 e. The molecule has 1 unspecified atom stereocenters. The van der Waals surface area contributed by atoms with Gasteiger partial charge in [0.2, 0.25) is 0 Å². The van der Waals surface area contributed by atoms with E-state index >= 15 is 0 Å². The van der Waals surface area contributed by atoms with E-state index in [1.54, 1.807) is 11.1 Å². The summed E-state index contributed by atoms with van der Waals surface area (Å²) in [6, 6.07) is 0. The van der Waals surface area contributed by atoms with Crippen LogP contribution in [0.3, 0.4) is 0 Å². The Kier molecular flexibility index (Phi) is 3.07. The van der Waals surface area contributed by atoms with E-state index in [-0.39, 0.29) is 5.41 Å². The Balaban J connectivity index is 1.72. The van der Waals surface area contributed by atoms with Crippen LogP contribution in [0.25, 0.3) is 0 Å². The van der Waals surface area contributed by atoms with Crippen LogP contribution in [0, 0.1) is 28.6 Å². The van der Waals surface area contributed by atoms with Crippen molar-refractivity contribution >= 4 is 0 Å². The monoisotopic (exact) mass is 300 g/mol. The van der Waals surface area contributed by atoms with Gasteiger partial charge in [0.15, 0.2) is 0 Å². The lowest BCUT2D eigenvalue weighted by Gasteiger charge is -2.58. The number of aliphatic hydroxyl groups is 1. The van der Waals surface area contributed by atoms with Crippen LogP contribution in [0.5, 0.6) is 0 Å². The van der Waals surface area contributed by atoms with Crippen LogP contribution in [0.4, 0.5) is 0 Å². The van der Waals surface area contributed by atoms with E-state index in [0.717, 1.165) is 24.2 Å². The van der Waals surface area contributed by atoms with Gasteiger partial charge in [0.05, 0.1) is 5.60 Å². The number of hydrogen-bond acceptors (Lipinski definition) is 1. The van der Waals surface area contributed by atoms with E-state index in [4.69, 9.17) is 0 Å². The van der Waals surface area contributed by atoms with E-state index in [1.165, 1.54) is 38.5 Å². The number of allylic oxidation sites excluding steroid dienone is 4. The van der Waals surface area contributed by atoms with Gasteiger partial charge in [-0.05, 0) is 93.0 Å². The third-order valence-electron chi connectivity index (χ3n) is 8.53. The fourth-order valence-electron chi connectivity index (χ4n) is 6.71. The summed E-state index contributed by atoms with van der Waals surface area (Å²) in [6.45, 7) is 9.31. The molecule has 4 rings (SSSR count). The van der Waals surface area contributed by atoms with Crippen LogP contribution in [-0.4, -0.2) is 10.7 Å². The third kappa shape index (κ3) is 1.75. The van der Waals surface area contributed by atoms with Gasteiger partial charge in [-0.1, -0.05) is 31.6 Å². The smallest absolute Gasteiger partial charge is 0.0675 e. The maximum atomic E-state index is 10.9. The molecule has 0 aromatic rings. The Hall–Kier alpha value is -0.560. The first kappa shape index (κ1) is 15.0. The molecule has 1 nitrogen and oxygen atoms in total. The van der Waals surface area contributed by atoms with E-state index < -0.39 is 5.60 Å². The minimum Gasteiger partial charge on any atom is -0.390 e. The molecule has 6 atom stereocenters. The lowest BCUT2D eigenvalue weighted by molar-refractivity contribution is -0.111. The molecule has 0 aromatic carbocycles. The molecule has 1 N–H and O–H groups in total. The molecule has 0 spiro atoms. The maximum absolute atomic E-state index is 10.9. The molecule has 0 amide bonds. The van der Waals surface area contributed by atoms with Crippen molar-refractivity contribution < 1.29 is 5.11 Å². The van der Waals surface area contributed by atoms with E-state index in [1.807, 2.05) is 0 Å². The average molecular weight is 300 g/mol. The Labute approximate surface area is 135 Å². The molecule has 2 fully saturated rings. The zero-order chi connectivity index (χ0) is 15.8. The molecule has 22 heavy (non-hydrogen) atoms. The Morgan fingerprint density at radius 1 is 1.05 bits per heavy atom. The Morgan fingerprint density at radius 2 is 1.77 bits per heavy atom. The Morgan fingerprint density at radius 3 is 2.55 bits per heavy atom. The van der Waals surface area contributed by atoms with E-state index in [0.29, 0.717) is 5.41 Å². The molecular formula is C21H32O. The third-order valence-corrected chi connectivity index (χ3v) is 8.53. The van der Waals surface area contributed by atoms with Crippen LogP contribution < -0.4 is 0 Å². The summed E-state index contributed by atoms with van der Waals surface area (Å²) in [7, 11) is 0. The lowest BCUT2D eigenvalue weighted by atomic mass is 9.47. The molecule has 4 aliphatic carbocycles. The topological polar surface area (TPSA) is 20.2 Å². The number of rotatable bonds is 0.